The third-order valence-electron chi connectivity index (χ3n) is 5.32. The summed E-state index contributed by atoms with van der Waals surface area (Å²) in [4.78, 5) is 17.4. The van der Waals surface area contributed by atoms with E-state index < -0.39 is 5.41 Å². The quantitative estimate of drug-likeness (QED) is 0.662. The lowest BCUT2D eigenvalue weighted by molar-refractivity contribution is -0.130. The van der Waals surface area contributed by atoms with Crippen LogP contribution in [0.2, 0.25) is 5.02 Å². The first-order chi connectivity index (χ1) is 13.6. The zero-order valence-electron chi connectivity index (χ0n) is 15.5. The second-order valence-corrected chi connectivity index (χ2v) is 7.40. The predicted octanol–water partition coefficient (Wildman–Crippen LogP) is 3.87. The van der Waals surface area contributed by atoms with Crippen LogP contribution in [0, 0.1) is 0 Å². The van der Waals surface area contributed by atoms with E-state index in [4.69, 9.17) is 16.3 Å². The number of nitrogens with one attached hydrogen (secondary N) is 2. The predicted molar refractivity (Wildman–Crippen MR) is 107 cm³/mol. The van der Waals surface area contributed by atoms with Crippen LogP contribution in [0.25, 0.3) is 11.4 Å². The van der Waals surface area contributed by atoms with Crippen molar-refractivity contribution in [3.63, 3.8) is 0 Å². The Balaban J connectivity index is 1.44. The van der Waals surface area contributed by atoms with E-state index in [1.807, 2.05) is 48.5 Å². The second-order valence-electron chi connectivity index (χ2n) is 6.96. The first kappa shape index (κ1) is 18.5. The maximum atomic E-state index is 12.9. The maximum Gasteiger partial charge on any atom is 0.231 e. The Hall–Kier alpha value is -2.86. The van der Waals surface area contributed by atoms with Crippen LogP contribution in [0.4, 0.5) is 0 Å². The molecular formula is C21H21ClN4O2. The third kappa shape index (κ3) is 3.47. The smallest absolute Gasteiger partial charge is 0.231 e. The molecule has 0 bridgehead atoms. The number of halogens is 1. The molecule has 1 aliphatic carbocycles. The van der Waals surface area contributed by atoms with Crippen molar-refractivity contribution in [1.82, 2.24) is 20.5 Å². The summed E-state index contributed by atoms with van der Waals surface area (Å²) in [6, 6.07) is 15.1. The number of aromatic amines is 1. The molecule has 2 aromatic carbocycles. The van der Waals surface area contributed by atoms with Gasteiger partial charge in [-0.15, -0.1) is 0 Å². The Morgan fingerprint density at radius 2 is 2.04 bits per heavy atom. The average molecular weight is 397 g/mol. The normalized spacial score (nSPS) is 14.9. The summed E-state index contributed by atoms with van der Waals surface area (Å²) in [6.07, 6.45) is 2.68. The molecule has 1 aliphatic rings. The van der Waals surface area contributed by atoms with Gasteiger partial charge in [-0.05, 0) is 54.8 Å². The Bertz CT molecular complexity index is 980. The van der Waals surface area contributed by atoms with Crippen molar-refractivity contribution in [2.75, 3.05) is 7.11 Å². The van der Waals surface area contributed by atoms with Crippen molar-refractivity contribution >= 4 is 17.5 Å². The van der Waals surface area contributed by atoms with E-state index in [1.54, 1.807) is 7.11 Å². The average Bonchev–Trinajstić information content (AvgIpc) is 3.15. The molecule has 0 saturated heterocycles. The molecule has 4 rings (SSSR count). The Labute approximate surface area is 168 Å². The van der Waals surface area contributed by atoms with Crippen molar-refractivity contribution in [1.29, 1.82) is 0 Å². The van der Waals surface area contributed by atoms with Gasteiger partial charge in [0.2, 0.25) is 5.91 Å². The molecule has 0 unspecified atom stereocenters. The molecule has 6 nitrogen and oxygen atoms in total. The SMILES string of the molecule is COc1ccc(-c2n[nH]c(CNC(=O)C3(c4cccc(Cl)c4)CCC3)n2)cc1. The molecule has 3 aromatic rings. The Morgan fingerprint density at radius 1 is 1.25 bits per heavy atom. The number of hydrogen-bond acceptors (Lipinski definition) is 4. The summed E-state index contributed by atoms with van der Waals surface area (Å²) in [5, 5.41) is 10.8. The van der Waals surface area contributed by atoms with E-state index in [-0.39, 0.29) is 5.91 Å². The summed E-state index contributed by atoms with van der Waals surface area (Å²) in [5.41, 5.74) is 1.35. The number of carbonyl (C=O) groups excluding carboxylic acids is 1. The van der Waals surface area contributed by atoms with Gasteiger partial charge in [0.25, 0.3) is 0 Å². The second kappa shape index (κ2) is 7.64. The van der Waals surface area contributed by atoms with Crippen LogP contribution in [-0.2, 0) is 16.8 Å². The van der Waals surface area contributed by atoms with E-state index in [0.29, 0.717) is 23.2 Å². The summed E-state index contributed by atoms with van der Waals surface area (Å²) < 4.78 is 5.16. The molecular weight excluding hydrogens is 376 g/mol. The number of rotatable bonds is 6. The molecule has 28 heavy (non-hydrogen) atoms. The first-order valence-electron chi connectivity index (χ1n) is 9.21. The van der Waals surface area contributed by atoms with Gasteiger partial charge >= 0.3 is 0 Å². The third-order valence-corrected chi connectivity index (χ3v) is 5.55. The van der Waals surface area contributed by atoms with E-state index in [9.17, 15) is 4.79 Å². The fourth-order valence-corrected chi connectivity index (χ4v) is 3.73. The van der Waals surface area contributed by atoms with Gasteiger partial charge in [0.15, 0.2) is 5.82 Å². The number of hydrogen-bond donors (Lipinski definition) is 2. The number of carbonyl (C=O) groups is 1. The van der Waals surface area contributed by atoms with Crippen LogP contribution in [0.1, 0.15) is 30.7 Å². The van der Waals surface area contributed by atoms with E-state index in [0.717, 1.165) is 36.1 Å². The van der Waals surface area contributed by atoms with Gasteiger partial charge in [0.1, 0.15) is 11.6 Å². The fraction of sp³-hybridized carbons (Fsp3) is 0.286. The van der Waals surface area contributed by atoms with Crippen molar-refractivity contribution in [3.05, 3.63) is 64.9 Å². The Morgan fingerprint density at radius 3 is 2.68 bits per heavy atom. The molecule has 1 saturated carbocycles. The van der Waals surface area contributed by atoms with Gasteiger partial charge < -0.3 is 10.1 Å². The number of amides is 1. The molecule has 2 N–H and O–H groups in total. The van der Waals surface area contributed by atoms with Crippen LogP contribution in [0.3, 0.4) is 0 Å². The minimum Gasteiger partial charge on any atom is -0.497 e. The monoisotopic (exact) mass is 396 g/mol. The summed E-state index contributed by atoms with van der Waals surface area (Å²) in [7, 11) is 1.63. The van der Waals surface area contributed by atoms with Gasteiger partial charge in [0.05, 0.1) is 19.1 Å². The molecule has 1 fully saturated rings. The van der Waals surface area contributed by atoms with E-state index >= 15 is 0 Å². The molecule has 1 heterocycles. The highest BCUT2D eigenvalue weighted by atomic mass is 35.5. The lowest BCUT2D eigenvalue weighted by Gasteiger charge is -2.40. The standard InChI is InChI=1S/C21H21ClN4O2/c1-28-17-8-6-14(7-9-17)19-24-18(25-26-19)13-23-20(27)21(10-3-11-21)15-4-2-5-16(22)12-15/h2,4-9,12H,3,10-11,13H2,1H3,(H,23,27)(H,24,25,26). The minimum absolute atomic E-state index is 0.00316. The Kier molecular flexibility index (Phi) is 5.05. The number of methoxy groups -OCH3 is 1. The largest absolute Gasteiger partial charge is 0.497 e. The summed E-state index contributed by atoms with van der Waals surface area (Å²) >= 11 is 6.13. The minimum atomic E-state index is -0.496. The maximum absolute atomic E-state index is 12.9. The highest BCUT2D eigenvalue weighted by Gasteiger charge is 2.45. The van der Waals surface area contributed by atoms with Gasteiger partial charge in [-0.25, -0.2) is 4.98 Å². The molecule has 0 spiro atoms. The molecule has 0 atom stereocenters. The zero-order valence-corrected chi connectivity index (χ0v) is 16.3. The molecule has 0 aliphatic heterocycles. The topological polar surface area (TPSA) is 79.9 Å². The van der Waals surface area contributed by atoms with Crippen molar-refractivity contribution in [2.24, 2.45) is 0 Å². The number of nitrogens with zero attached hydrogens (tertiary/aromatic N) is 2. The van der Waals surface area contributed by atoms with E-state index in [2.05, 4.69) is 20.5 Å². The molecule has 7 heteroatoms. The van der Waals surface area contributed by atoms with Crippen molar-refractivity contribution < 1.29 is 9.53 Å². The summed E-state index contributed by atoms with van der Waals surface area (Å²) in [5.74, 6) is 1.97. The lowest BCUT2D eigenvalue weighted by Crippen LogP contribution is -2.49. The molecule has 1 aromatic heterocycles. The van der Waals surface area contributed by atoms with Crippen LogP contribution in [-0.4, -0.2) is 28.2 Å². The first-order valence-corrected chi connectivity index (χ1v) is 9.58. The van der Waals surface area contributed by atoms with Gasteiger partial charge in [-0.3, -0.25) is 9.89 Å². The van der Waals surface area contributed by atoms with Gasteiger partial charge in [-0.2, -0.15) is 5.10 Å². The van der Waals surface area contributed by atoms with Gasteiger partial charge in [-0.1, -0.05) is 30.2 Å². The van der Waals surface area contributed by atoms with Crippen molar-refractivity contribution in [2.45, 2.75) is 31.2 Å². The lowest BCUT2D eigenvalue weighted by atomic mass is 9.64. The van der Waals surface area contributed by atoms with Crippen molar-refractivity contribution in [3.8, 4) is 17.1 Å². The molecule has 1 amide bonds. The number of benzene rings is 2. The fourth-order valence-electron chi connectivity index (χ4n) is 3.54. The van der Waals surface area contributed by atoms with Crippen LogP contribution < -0.4 is 10.1 Å². The molecule has 0 radical (unpaired) electrons. The van der Waals surface area contributed by atoms with Crippen LogP contribution in [0.5, 0.6) is 5.75 Å². The highest BCUT2D eigenvalue weighted by molar-refractivity contribution is 6.30. The van der Waals surface area contributed by atoms with Crippen LogP contribution in [0.15, 0.2) is 48.5 Å². The van der Waals surface area contributed by atoms with Gasteiger partial charge in [0, 0.05) is 10.6 Å². The highest BCUT2D eigenvalue weighted by Crippen LogP contribution is 2.44. The number of aromatic nitrogens is 3. The van der Waals surface area contributed by atoms with E-state index in [1.165, 1.54) is 0 Å². The summed E-state index contributed by atoms with van der Waals surface area (Å²) in [6.45, 7) is 0.296. The number of ether oxygens (including phenoxy) is 1. The van der Waals surface area contributed by atoms with Crippen LogP contribution >= 0.6 is 11.6 Å². The number of H-pyrrole nitrogens is 1. The molecule has 144 valence electrons. The zero-order chi connectivity index (χ0) is 19.6.